The highest BCUT2D eigenvalue weighted by molar-refractivity contribution is 6.34. The smallest absolute Gasteiger partial charge is 0.159 e. The maximum Gasteiger partial charge on any atom is 0.159 e. The Labute approximate surface area is 123 Å². The van der Waals surface area contributed by atoms with Gasteiger partial charge in [-0.15, -0.1) is 10.2 Å². The molecule has 0 spiro atoms. The number of anilines is 1. The topological polar surface area (TPSA) is 38.2 Å². The van der Waals surface area contributed by atoms with Crippen molar-refractivity contribution >= 4 is 28.2 Å². The number of hydrogen-bond acceptors (Lipinski definition) is 4. The second-order valence-electron chi connectivity index (χ2n) is 5.27. The number of piperidine rings is 1. The summed E-state index contributed by atoms with van der Waals surface area (Å²) in [7, 11) is 1.76. The summed E-state index contributed by atoms with van der Waals surface area (Å²) < 4.78 is 5.29. The number of hydrogen-bond donors (Lipinski definition) is 0. The molecule has 2 aromatic rings. The summed E-state index contributed by atoms with van der Waals surface area (Å²) in [6, 6.07) is 8.04. The highest BCUT2D eigenvalue weighted by Gasteiger charge is 2.23. The number of ether oxygens (including phenoxy) is 1. The van der Waals surface area contributed by atoms with Crippen LogP contribution in [0.1, 0.15) is 12.8 Å². The van der Waals surface area contributed by atoms with Crippen molar-refractivity contribution < 1.29 is 4.74 Å². The number of fused-ring (bicyclic) bond motifs is 1. The molecular formula is C15H18ClN3O. The van der Waals surface area contributed by atoms with E-state index >= 15 is 0 Å². The number of methoxy groups -OCH3 is 1. The molecule has 106 valence electrons. The number of benzene rings is 1. The van der Waals surface area contributed by atoms with Crippen LogP contribution in [0.15, 0.2) is 24.3 Å². The standard InChI is InChI=1S/C15H18ClN3O/c1-20-10-11-5-4-8-19(9-11)15-13-7-3-2-6-12(13)14(16)17-18-15/h2-3,6-7,11H,4-5,8-10H2,1H3. The van der Waals surface area contributed by atoms with Crippen LogP contribution in [0, 0.1) is 5.92 Å². The van der Waals surface area contributed by atoms with E-state index in [-0.39, 0.29) is 0 Å². The van der Waals surface area contributed by atoms with Crippen LogP contribution in [-0.2, 0) is 4.74 Å². The first-order chi connectivity index (χ1) is 9.79. The third kappa shape index (κ3) is 2.58. The first kappa shape index (κ1) is 13.6. The molecule has 1 aliphatic heterocycles. The van der Waals surface area contributed by atoms with E-state index in [2.05, 4.69) is 21.2 Å². The molecule has 1 atom stereocenters. The Morgan fingerprint density at radius 3 is 2.90 bits per heavy atom. The van der Waals surface area contributed by atoms with Crippen LogP contribution in [-0.4, -0.2) is 37.0 Å². The van der Waals surface area contributed by atoms with Gasteiger partial charge in [-0.2, -0.15) is 0 Å². The molecule has 1 fully saturated rings. The van der Waals surface area contributed by atoms with Gasteiger partial charge in [0, 0.05) is 31.0 Å². The van der Waals surface area contributed by atoms with Gasteiger partial charge in [-0.25, -0.2) is 0 Å². The minimum atomic E-state index is 0.467. The molecule has 0 aliphatic carbocycles. The SMILES string of the molecule is COCC1CCCN(c2nnc(Cl)c3ccccc23)C1. The van der Waals surface area contributed by atoms with Gasteiger partial charge in [-0.05, 0) is 18.8 Å². The summed E-state index contributed by atoms with van der Waals surface area (Å²) in [4.78, 5) is 2.30. The van der Waals surface area contributed by atoms with E-state index in [1.807, 2.05) is 18.2 Å². The molecule has 1 aromatic heterocycles. The summed E-state index contributed by atoms with van der Waals surface area (Å²) in [5.41, 5.74) is 0. The zero-order valence-corrected chi connectivity index (χ0v) is 12.3. The van der Waals surface area contributed by atoms with Gasteiger partial charge in [0.15, 0.2) is 11.0 Å². The van der Waals surface area contributed by atoms with Crippen molar-refractivity contribution in [1.29, 1.82) is 0 Å². The zero-order valence-electron chi connectivity index (χ0n) is 11.6. The molecule has 1 aliphatic rings. The van der Waals surface area contributed by atoms with Crippen molar-refractivity contribution in [2.45, 2.75) is 12.8 Å². The molecule has 2 heterocycles. The molecule has 0 bridgehead atoms. The zero-order chi connectivity index (χ0) is 13.9. The third-order valence-corrected chi connectivity index (χ3v) is 4.12. The molecule has 5 heteroatoms. The van der Waals surface area contributed by atoms with Crippen molar-refractivity contribution in [1.82, 2.24) is 10.2 Å². The van der Waals surface area contributed by atoms with Gasteiger partial charge in [-0.3, -0.25) is 0 Å². The van der Waals surface area contributed by atoms with E-state index in [1.54, 1.807) is 7.11 Å². The highest BCUT2D eigenvalue weighted by atomic mass is 35.5. The molecule has 0 saturated carbocycles. The fourth-order valence-electron chi connectivity index (χ4n) is 2.92. The van der Waals surface area contributed by atoms with Gasteiger partial charge in [0.1, 0.15) is 0 Å². The lowest BCUT2D eigenvalue weighted by Gasteiger charge is -2.33. The molecule has 1 saturated heterocycles. The van der Waals surface area contributed by atoms with Crippen molar-refractivity contribution in [3.05, 3.63) is 29.4 Å². The lowest BCUT2D eigenvalue weighted by atomic mass is 9.98. The van der Waals surface area contributed by atoms with Crippen LogP contribution < -0.4 is 4.90 Å². The molecule has 4 nitrogen and oxygen atoms in total. The van der Waals surface area contributed by atoms with E-state index in [0.29, 0.717) is 11.1 Å². The number of nitrogens with zero attached hydrogens (tertiary/aromatic N) is 3. The van der Waals surface area contributed by atoms with E-state index < -0.39 is 0 Å². The van der Waals surface area contributed by atoms with Gasteiger partial charge >= 0.3 is 0 Å². The second kappa shape index (κ2) is 5.94. The predicted octanol–water partition coefficient (Wildman–Crippen LogP) is 3.15. The highest BCUT2D eigenvalue weighted by Crippen LogP contribution is 2.30. The Balaban J connectivity index is 1.95. The van der Waals surface area contributed by atoms with E-state index in [4.69, 9.17) is 16.3 Å². The third-order valence-electron chi connectivity index (χ3n) is 3.84. The lowest BCUT2D eigenvalue weighted by Crippen LogP contribution is -2.37. The van der Waals surface area contributed by atoms with Gasteiger partial charge in [0.25, 0.3) is 0 Å². The summed E-state index contributed by atoms with van der Waals surface area (Å²) in [6.07, 6.45) is 2.37. The first-order valence-corrected chi connectivity index (χ1v) is 7.32. The van der Waals surface area contributed by atoms with E-state index in [1.165, 1.54) is 6.42 Å². The minimum absolute atomic E-state index is 0.467. The molecular weight excluding hydrogens is 274 g/mol. The fourth-order valence-corrected chi connectivity index (χ4v) is 3.12. The molecule has 20 heavy (non-hydrogen) atoms. The largest absolute Gasteiger partial charge is 0.384 e. The summed E-state index contributed by atoms with van der Waals surface area (Å²) in [5.74, 6) is 1.50. The summed E-state index contributed by atoms with van der Waals surface area (Å²) in [5, 5.41) is 10.9. The first-order valence-electron chi connectivity index (χ1n) is 6.94. The minimum Gasteiger partial charge on any atom is -0.384 e. The van der Waals surface area contributed by atoms with Crippen LogP contribution in [0.3, 0.4) is 0 Å². The van der Waals surface area contributed by atoms with Crippen LogP contribution in [0.25, 0.3) is 10.8 Å². The van der Waals surface area contributed by atoms with Crippen molar-refractivity contribution in [3.8, 4) is 0 Å². The maximum absolute atomic E-state index is 6.13. The fraction of sp³-hybridized carbons (Fsp3) is 0.467. The molecule has 0 radical (unpaired) electrons. The van der Waals surface area contributed by atoms with Crippen LogP contribution >= 0.6 is 11.6 Å². The van der Waals surface area contributed by atoms with Crippen LogP contribution in [0.5, 0.6) is 0 Å². The van der Waals surface area contributed by atoms with Crippen molar-refractivity contribution in [2.24, 2.45) is 5.92 Å². The summed E-state index contributed by atoms with van der Waals surface area (Å²) >= 11 is 6.13. The Kier molecular flexibility index (Phi) is 4.03. The molecule has 0 N–H and O–H groups in total. The number of aromatic nitrogens is 2. The Morgan fingerprint density at radius 1 is 1.30 bits per heavy atom. The predicted molar refractivity (Wildman–Crippen MR) is 81.4 cm³/mol. The van der Waals surface area contributed by atoms with Crippen molar-refractivity contribution in [3.63, 3.8) is 0 Å². The van der Waals surface area contributed by atoms with E-state index in [0.717, 1.165) is 42.7 Å². The van der Waals surface area contributed by atoms with Gasteiger partial charge in [0.05, 0.1) is 6.61 Å². The van der Waals surface area contributed by atoms with E-state index in [9.17, 15) is 0 Å². The number of rotatable bonds is 3. The molecule has 1 unspecified atom stereocenters. The number of halogens is 1. The second-order valence-corrected chi connectivity index (χ2v) is 5.63. The monoisotopic (exact) mass is 291 g/mol. The quantitative estimate of drug-likeness (QED) is 0.871. The van der Waals surface area contributed by atoms with Gasteiger partial charge < -0.3 is 9.64 Å². The van der Waals surface area contributed by atoms with Crippen LogP contribution in [0.4, 0.5) is 5.82 Å². The normalized spacial score (nSPS) is 19.5. The van der Waals surface area contributed by atoms with Gasteiger partial charge in [-0.1, -0.05) is 35.9 Å². The lowest BCUT2D eigenvalue weighted by molar-refractivity contribution is 0.143. The average molecular weight is 292 g/mol. The Bertz CT molecular complexity index is 603. The molecule has 3 rings (SSSR count). The average Bonchev–Trinajstić information content (AvgIpc) is 2.49. The maximum atomic E-state index is 6.13. The van der Waals surface area contributed by atoms with Crippen molar-refractivity contribution in [2.75, 3.05) is 31.7 Å². The van der Waals surface area contributed by atoms with Gasteiger partial charge in [0.2, 0.25) is 0 Å². The molecule has 1 aromatic carbocycles. The Morgan fingerprint density at radius 2 is 2.10 bits per heavy atom. The Hall–Kier alpha value is -1.39. The molecule has 0 amide bonds. The van der Waals surface area contributed by atoms with Crippen LogP contribution in [0.2, 0.25) is 5.15 Å². The summed E-state index contributed by atoms with van der Waals surface area (Å²) in [6.45, 7) is 2.78.